The molecule has 0 amide bonds. The molecule has 3 heteroatoms. The Bertz CT molecular complexity index is 699. The van der Waals surface area contributed by atoms with Crippen molar-refractivity contribution in [1.82, 2.24) is 0 Å². The van der Waals surface area contributed by atoms with E-state index < -0.39 is 5.60 Å². The van der Waals surface area contributed by atoms with Crippen molar-refractivity contribution >= 4 is 5.97 Å². The van der Waals surface area contributed by atoms with Crippen LogP contribution in [-0.2, 0) is 16.0 Å². The number of aryl methyl sites for hydroxylation is 2. The highest BCUT2D eigenvalue weighted by molar-refractivity contribution is 5.69. The van der Waals surface area contributed by atoms with E-state index in [1.165, 1.54) is 5.56 Å². The summed E-state index contributed by atoms with van der Waals surface area (Å²) in [6, 6.07) is 16.2. The van der Waals surface area contributed by atoms with Crippen LogP contribution in [0.5, 0.6) is 11.5 Å². The first kappa shape index (κ1) is 20.0. The number of benzene rings is 2. The van der Waals surface area contributed by atoms with Crippen LogP contribution in [0.4, 0.5) is 0 Å². The fourth-order valence-electron chi connectivity index (χ4n) is 2.76. The normalized spacial score (nSPS) is 11.2. The maximum Gasteiger partial charge on any atom is 0.306 e. The van der Waals surface area contributed by atoms with Crippen molar-refractivity contribution < 1.29 is 14.3 Å². The fourth-order valence-corrected chi connectivity index (χ4v) is 2.76. The largest absolute Gasteiger partial charge is 0.460 e. The molecule has 3 nitrogen and oxygen atoms in total. The zero-order valence-corrected chi connectivity index (χ0v) is 16.4. The molecular formula is C23H30O3. The molecule has 0 N–H and O–H groups in total. The van der Waals surface area contributed by atoms with E-state index in [0.29, 0.717) is 6.42 Å². The Morgan fingerprint density at radius 1 is 0.962 bits per heavy atom. The molecule has 2 aromatic carbocycles. The smallest absolute Gasteiger partial charge is 0.306 e. The van der Waals surface area contributed by atoms with Gasteiger partial charge in [0, 0.05) is 6.42 Å². The minimum atomic E-state index is -0.391. The van der Waals surface area contributed by atoms with E-state index in [0.717, 1.165) is 42.7 Å². The van der Waals surface area contributed by atoms with E-state index in [-0.39, 0.29) is 5.97 Å². The van der Waals surface area contributed by atoms with E-state index in [1.807, 2.05) is 57.2 Å². The molecule has 0 unspecified atom stereocenters. The number of carbonyl (C=O) groups is 1. The zero-order chi connectivity index (χ0) is 19.0. The molecule has 0 atom stereocenters. The molecule has 2 rings (SSSR count). The highest BCUT2D eigenvalue weighted by Crippen LogP contribution is 2.26. The van der Waals surface area contributed by atoms with Crippen LogP contribution in [0.3, 0.4) is 0 Å². The third kappa shape index (κ3) is 7.30. The van der Waals surface area contributed by atoms with Crippen molar-refractivity contribution in [3.63, 3.8) is 0 Å². The third-order valence-corrected chi connectivity index (χ3v) is 3.98. The Kier molecular flexibility index (Phi) is 7.26. The number of hydrogen-bond donors (Lipinski definition) is 0. The predicted molar refractivity (Wildman–Crippen MR) is 106 cm³/mol. The topological polar surface area (TPSA) is 35.5 Å². The second kappa shape index (κ2) is 9.42. The van der Waals surface area contributed by atoms with Gasteiger partial charge in [-0.25, -0.2) is 0 Å². The van der Waals surface area contributed by atoms with Gasteiger partial charge in [-0.05, 0) is 76.3 Å². The van der Waals surface area contributed by atoms with Crippen LogP contribution >= 0.6 is 0 Å². The van der Waals surface area contributed by atoms with Gasteiger partial charge in [0.2, 0.25) is 0 Å². The van der Waals surface area contributed by atoms with Crippen LogP contribution in [0.15, 0.2) is 48.5 Å². The molecule has 0 fully saturated rings. The second-order valence-corrected chi connectivity index (χ2v) is 7.66. The molecule has 0 saturated heterocycles. The molecule has 0 heterocycles. The molecule has 0 spiro atoms. The van der Waals surface area contributed by atoms with Gasteiger partial charge in [0.05, 0.1) is 0 Å². The van der Waals surface area contributed by atoms with Gasteiger partial charge in [-0.1, -0.05) is 36.8 Å². The van der Waals surface area contributed by atoms with Crippen molar-refractivity contribution in [1.29, 1.82) is 0 Å². The molecule has 26 heavy (non-hydrogen) atoms. The van der Waals surface area contributed by atoms with Gasteiger partial charge in [0.25, 0.3) is 0 Å². The molecular weight excluding hydrogens is 324 g/mol. The summed E-state index contributed by atoms with van der Waals surface area (Å²) in [6.45, 7) is 7.78. The third-order valence-electron chi connectivity index (χ3n) is 3.98. The fraction of sp³-hybridized carbons (Fsp3) is 0.435. The Morgan fingerprint density at radius 2 is 1.69 bits per heavy atom. The molecule has 0 saturated carbocycles. The highest BCUT2D eigenvalue weighted by atomic mass is 16.6. The van der Waals surface area contributed by atoms with E-state index in [4.69, 9.17) is 9.47 Å². The van der Waals surface area contributed by atoms with Crippen LogP contribution in [0, 0.1) is 6.92 Å². The van der Waals surface area contributed by atoms with Crippen molar-refractivity contribution in [2.75, 3.05) is 0 Å². The summed E-state index contributed by atoms with van der Waals surface area (Å²) in [5.74, 6) is 1.64. The van der Waals surface area contributed by atoms with Gasteiger partial charge in [-0.2, -0.15) is 0 Å². The summed E-state index contributed by atoms with van der Waals surface area (Å²) in [4.78, 5) is 11.7. The monoisotopic (exact) mass is 354 g/mol. The van der Waals surface area contributed by atoms with Gasteiger partial charge in [-0.3, -0.25) is 4.79 Å². The van der Waals surface area contributed by atoms with E-state index in [2.05, 4.69) is 19.1 Å². The summed E-state index contributed by atoms with van der Waals surface area (Å²) >= 11 is 0. The van der Waals surface area contributed by atoms with Crippen LogP contribution in [0.25, 0.3) is 0 Å². The minimum Gasteiger partial charge on any atom is -0.460 e. The quantitative estimate of drug-likeness (QED) is 0.416. The number of hydrogen-bond acceptors (Lipinski definition) is 3. The predicted octanol–water partition coefficient (Wildman–Crippen LogP) is 6.23. The Morgan fingerprint density at radius 3 is 2.35 bits per heavy atom. The summed E-state index contributed by atoms with van der Waals surface area (Å²) < 4.78 is 11.2. The van der Waals surface area contributed by atoms with Crippen LogP contribution in [0.1, 0.15) is 57.6 Å². The first-order valence-corrected chi connectivity index (χ1v) is 9.38. The zero-order valence-electron chi connectivity index (χ0n) is 16.4. The Hall–Kier alpha value is -2.29. The maximum absolute atomic E-state index is 11.7. The number of unbranched alkanes of at least 4 members (excludes halogenated alkanes) is 2. The van der Waals surface area contributed by atoms with Crippen LogP contribution < -0.4 is 4.74 Å². The SMILES string of the molecule is Cc1cc(CCCCCC(=O)OC(C)(C)C)ccc1Oc1ccccc1. The second-order valence-electron chi connectivity index (χ2n) is 7.66. The molecule has 0 aromatic heterocycles. The first-order chi connectivity index (χ1) is 12.3. The molecule has 0 aliphatic rings. The van der Waals surface area contributed by atoms with Crippen molar-refractivity contribution in [3.8, 4) is 11.5 Å². The number of para-hydroxylation sites is 1. The number of ether oxygens (including phenoxy) is 2. The summed E-state index contributed by atoms with van der Waals surface area (Å²) in [5, 5.41) is 0. The van der Waals surface area contributed by atoms with E-state index in [9.17, 15) is 4.79 Å². The lowest BCUT2D eigenvalue weighted by Crippen LogP contribution is -2.23. The lowest BCUT2D eigenvalue weighted by atomic mass is 10.0. The first-order valence-electron chi connectivity index (χ1n) is 9.38. The number of esters is 1. The van der Waals surface area contributed by atoms with Crippen LogP contribution in [-0.4, -0.2) is 11.6 Å². The molecule has 2 aromatic rings. The molecule has 0 radical (unpaired) electrons. The van der Waals surface area contributed by atoms with Crippen molar-refractivity contribution in [3.05, 3.63) is 59.7 Å². The van der Waals surface area contributed by atoms with E-state index >= 15 is 0 Å². The summed E-state index contributed by atoms with van der Waals surface area (Å²) in [5.41, 5.74) is 2.05. The van der Waals surface area contributed by atoms with Gasteiger partial charge in [0.1, 0.15) is 17.1 Å². The molecule has 0 aliphatic heterocycles. The average Bonchev–Trinajstić information content (AvgIpc) is 2.56. The highest BCUT2D eigenvalue weighted by Gasteiger charge is 2.15. The molecule has 0 bridgehead atoms. The summed E-state index contributed by atoms with van der Waals surface area (Å²) in [6.07, 6.45) is 4.49. The standard InChI is InChI=1S/C23H30O3/c1-18-17-19(11-7-5-10-14-22(24)26-23(2,3)4)15-16-21(18)25-20-12-8-6-9-13-20/h6,8-9,12-13,15-17H,5,7,10-11,14H2,1-4H3. The number of rotatable bonds is 8. The number of carbonyl (C=O) groups excluding carboxylic acids is 1. The van der Waals surface area contributed by atoms with Crippen molar-refractivity contribution in [2.45, 2.75) is 65.4 Å². The van der Waals surface area contributed by atoms with E-state index in [1.54, 1.807) is 0 Å². The lowest BCUT2D eigenvalue weighted by Gasteiger charge is -2.19. The van der Waals surface area contributed by atoms with Gasteiger partial charge in [0.15, 0.2) is 0 Å². The maximum atomic E-state index is 11.7. The van der Waals surface area contributed by atoms with Crippen LogP contribution in [0.2, 0.25) is 0 Å². The minimum absolute atomic E-state index is 0.101. The average molecular weight is 354 g/mol. The Balaban J connectivity index is 1.73. The molecule has 0 aliphatic carbocycles. The van der Waals surface area contributed by atoms with Gasteiger partial charge in [-0.15, -0.1) is 0 Å². The van der Waals surface area contributed by atoms with Gasteiger partial charge >= 0.3 is 5.97 Å². The lowest BCUT2D eigenvalue weighted by molar-refractivity contribution is -0.154. The van der Waals surface area contributed by atoms with Crippen molar-refractivity contribution in [2.24, 2.45) is 0 Å². The Labute approximate surface area is 157 Å². The molecule has 140 valence electrons. The summed E-state index contributed by atoms with van der Waals surface area (Å²) in [7, 11) is 0. The van der Waals surface area contributed by atoms with Gasteiger partial charge < -0.3 is 9.47 Å².